The molecule has 0 bridgehead atoms. The number of hydrogen-bond acceptors (Lipinski definition) is 0. The summed E-state index contributed by atoms with van der Waals surface area (Å²) >= 11 is 0. The summed E-state index contributed by atoms with van der Waals surface area (Å²) in [7, 11) is 0. The Morgan fingerprint density at radius 2 is 1.83 bits per heavy atom. The van der Waals surface area contributed by atoms with Gasteiger partial charge in [0.15, 0.2) is 0 Å². The first-order valence-electron chi connectivity index (χ1n) is 9.93. The van der Waals surface area contributed by atoms with Crippen LogP contribution in [0.5, 0.6) is 0 Å². The lowest BCUT2D eigenvalue weighted by molar-refractivity contribution is 0.0739. The van der Waals surface area contributed by atoms with Crippen LogP contribution in [0.1, 0.15) is 72.6 Å². The molecule has 0 unspecified atom stereocenters. The molecule has 23 heavy (non-hydrogen) atoms. The number of allylic oxidation sites excluding steroid dienone is 5. The van der Waals surface area contributed by atoms with Gasteiger partial charge < -0.3 is 0 Å². The van der Waals surface area contributed by atoms with Crippen molar-refractivity contribution < 1.29 is 0 Å². The lowest BCUT2D eigenvalue weighted by Gasteiger charge is -2.55. The predicted octanol–water partition coefficient (Wildman–Crippen LogP) is 6.70. The molecule has 0 amide bonds. The van der Waals surface area contributed by atoms with E-state index in [2.05, 4.69) is 46.4 Å². The number of rotatable bonds is 1. The summed E-state index contributed by atoms with van der Waals surface area (Å²) in [5.41, 5.74) is 5.97. The summed E-state index contributed by atoms with van der Waals surface area (Å²) in [6.45, 7) is 14.2. The summed E-state index contributed by atoms with van der Waals surface area (Å²) in [6, 6.07) is 0. The van der Waals surface area contributed by atoms with Crippen LogP contribution in [0, 0.1) is 34.5 Å². The molecule has 0 aliphatic heterocycles. The molecular weight excluding hydrogens is 276 g/mol. The second-order valence-electron chi connectivity index (χ2n) is 9.75. The van der Waals surface area contributed by atoms with Crippen LogP contribution < -0.4 is 0 Å². The van der Waals surface area contributed by atoms with Gasteiger partial charge in [-0.2, -0.15) is 0 Å². The monoisotopic (exact) mass is 310 g/mol. The van der Waals surface area contributed by atoms with Gasteiger partial charge in [-0.25, -0.2) is 0 Å². The molecule has 0 aromatic heterocycles. The van der Waals surface area contributed by atoms with Crippen molar-refractivity contribution in [2.24, 2.45) is 34.5 Å². The summed E-state index contributed by atoms with van der Waals surface area (Å²) in [5, 5.41) is 0. The van der Waals surface area contributed by atoms with E-state index in [9.17, 15) is 0 Å². The molecule has 0 heterocycles. The van der Waals surface area contributed by atoms with Crippen LogP contribution in [0.2, 0.25) is 0 Å². The van der Waals surface area contributed by atoms with Gasteiger partial charge >= 0.3 is 0 Å². The Hall–Kier alpha value is -0.780. The Balaban J connectivity index is 1.72. The quantitative estimate of drug-likeness (QED) is 0.473. The Bertz CT molecular complexity index is 591. The van der Waals surface area contributed by atoms with E-state index in [1.165, 1.54) is 50.5 Å². The average Bonchev–Trinajstić information content (AvgIpc) is 2.85. The van der Waals surface area contributed by atoms with Gasteiger partial charge in [0.1, 0.15) is 0 Å². The molecule has 4 aliphatic carbocycles. The van der Waals surface area contributed by atoms with Gasteiger partial charge in [0, 0.05) is 0 Å². The van der Waals surface area contributed by atoms with Gasteiger partial charge in [-0.15, -0.1) is 0 Å². The summed E-state index contributed by atoms with van der Waals surface area (Å²) in [4.78, 5) is 0. The average molecular weight is 311 g/mol. The number of fused-ring (bicyclic) bond motifs is 5. The van der Waals surface area contributed by atoms with Crippen molar-refractivity contribution in [3.05, 3.63) is 35.5 Å². The smallest absolute Gasteiger partial charge is 0.00474 e. The van der Waals surface area contributed by atoms with E-state index in [-0.39, 0.29) is 0 Å². The van der Waals surface area contributed by atoms with Gasteiger partial charge in [-0.3, -0.25) is 0 Å². The topological polar surface area (TPSA) is 0 Å². The van der Waals surface area contributed by atoms with Crippen molar-refractivity contribution in [2.75, 3.05) is 0 Å². The maximum atomic E-state index is 4.33. The summed E-state index contributed by atoms with van der Waals surface area (Å²) in [5.74, 6) is 3.28. The second-order valence-corrected chi connectivity index (χ2v) is 9.75. The lowest BCUT2D eigenvalue weighted by atomic mass is 9.50. The second kappa shape index (κ2) is 5.11. The van der Waals surface area contributed by atoms with Crippen molar-refractivity contribution >= 4 is 0 Å². The molecule has 0 aromatic rings. The van der Waals surface area contributed by atoms with Crippen LogP contribution >= 0.6 is 0 Å². The van der Waals surface area contributed by atoms with E-state index in [4.69, 9.17) is 0 Å². The minimum Gasteiger partial charge on any atom is -0.0998 e. The van der Waals surface area contributed by atoms with E-state index < -0.39 is 0 Å². The Labute approximate surface area is 143 Å². The molecular formula is C23H34. The van der Waals surface area contributed by atoms with Crippen molar-refractivity contribution in [3.63, 3.8) is 0 Å². The molecule has 0 radical (unpaired) electrons. The third kappa shape index (κ3) is 2.09. The first kappa shape index (κ1) is 15.7. The van der Waals surface area contributed by atoms with E-state index >= 15 is 0 Å². The van der Waals surface area contributed by atoms with Crippen LogP contribution in [0.4, 0.5) is 0 Å². The fourth-order valence-corrected chi connectivity index (χ4v) is 7.00. The van der Waals surface area contributed by atoms with E-state index in [1.54, 1.807) is 5.57 Å². The van der Waals surface area contributed by atoms with Crippen molar-refractivity contribution in [3.8, 4) is 0 Å². The van der Waals surface area contributed by atoms with Crippen molar-refractivity contribution in [1.29, 1.82) is 0 Å². The molecule has 0 nitrogen and oxygen atoms in total. The Morgan fingerprint density at radius 3 is 2.57 bits per heavy atom. The highest BCUT2D eigenvalue weighted by Crippen LogP contribution is 2.65. The molecule has 0 N–H and O–H groups in total. The lowest BCUT2D eigenvalue weighted by Crippen LogP contribution is -2.45. The molecule has 4 rings (SSSR count). The molecule has 0 heteroatoms. The van der Waals surface area contributed by atoms with Gasteiger partial charge in [0.05, 0.1) is 0 Å². The molecule has 3 saturated carbocycles. The van der Waals surface area contributed by atoms with Crippen LogP contribution in [-0.2, 0) is 0 Å². The molecule has 4 aliphatic rings. The third-order valence-electron chi connectivity index (χ3n) is 8.41. The molecule has 0 aromatic carbocycles. The van der Waals surface area contributed by atoms with Gasteiger partial charge in [0.2, 0.25) is 0 Å². The minimum atomic E-state index is 0.471. The van der Waals surface area contributed by atoms with Gasteiger partial charge in [0.25, 0.3) is 0 Å². The third-order valence-corrected chi connectivity index (χ3v) is 8.41. The predicted molar refractivity (Wildman–Crippen MR) is 99.1 cm³/mol. The molecule has 3 fully saturated rings. The highest BCUT2D eigenvalue weighted by Gasteiger charge is 2.56. The van der Waals surface area contributed by atoms with E-state index in [0.29, 0.717) is 10.8 Å². The fourth-order valence-electron chi connectivity index (χ4n) is 7.00. The standard InChI is InChI=1S/C23H34/c1-15(2)19-8-9-20-18-7-6-17-14-16(3)10-12-22(17,4)21(18)11-13-23(19,20)5/h6-7,16,19-21H,1,8-14H2,2-5H3/t16-,19+,20-,21-,22-,23+/m0/s1. The first-order chi connectivity index (χ1) is 10.9. The summed E-state index contributed by atoms with van der Waals surface area (Å²) in [6.07, 6.45) is 14.9. The molecule has 126 valence electrons. The first-order valence-corrected chi connectivity index (χ1v) is 9.93. The van der Waals surface area contributed by atoms with Crippen LogP contribution in [0.25, 0.3) is 0 Å². The maximum Gasteiger partial charge on any atom is -0.00474 e. The van der Waals surface area contributed by atoms with Crippen molar-refractivity contribution in [1.82, 2.24) is 0 Å². The molecule has 0 spiro atoms. The van der Waals surface area contributed by atoms with E-state index in [1.807, 2.05) is 5.57 Å². The fraction of sp³-hybridized carbons (Fsp3) is 0.739. The van der Waals surface area contributed by atoms with Crippen molar-refractivity contribution in [2.45, 2.75) is 72.6 Å². The normalized spacial score (nSPS) is 48.7. The highest BCUT2D eigenvalue weighted by atomic mass is 14.6. The molecule has 0 saturated heterocycles. The van der Waals surface area contributed by atoms with E-state index in [0.717, 1.165) is 23.7 Å². The zero-order valence-electron chi connectivity index (χ0n) is 15.6. The zero-order valence-corrected chi connectivity index (χ0v) is 15.6. The largest absolute Gasteiger partial charge is 0.0998 e. The molecule has 6 atom stereocenters. The van der Waals surface area contributed by atoms with Crippen LogP contribution in [0.3, 0.4) is 0 Å². The Kier molecular flexibility index (Phi) is 3.49. The summed E-state index contributed by atoms with van der Waals surface area (Å²) < 4.78 is 0. The van der Waals surface area contributed by atoms with Gasteiger partial charge in [-0.05, 0) is 86.4 Å². The zero-order chi connectivity index (χ0) is 16.4. The minimum absolute atomic E-state index is 0.471. The number of hydrogen-bond donors (Lipinski definition) is 0. The highest BCUT2D eigenvalue weighted by molar-refractivity contribution is 5.39. The maximum absolute atomic E-state index is 4.33. The van der Waals surface area contributed by atoms with Crippen LogP contribution in [-0.4, -0.2) is 0 Å². The van der Waals surface area contributed by atoms with Gasteiger partial charge in [-0.1, -0.05) is 56.2 Å². The SMILES string of the molecule is C=C(C)[C@H]1CC[C@H]2C3=CC=C4C[C@@H](C)CC[C@]4(C)[C@H]3CC[C@]12C. The Morgan fingerprint density at radius 1 is 1.04 bits per heavy atom. The van der Waals surface area contributed by atoms with Crippen LogP contribution in [0.15, 0.2) is 35.5 Å².